The van der Waals surface area contributed by atoms with Crippen molar-refractivity contribution in [3.05, 3.63) is 0 Å². The van der Waals surface area contributed by atoms with Crippen molar-refractivity contribution in [2.75, 3.05) is 0 Å². The fourth-order valence-corrected chi connectivity index (χ4v) is 0. The molecule has 0 rings (SSSR count). The van der Waals surface area contributed by atoms with Crippen LogP contribution in [0.15, 0.2) is 0 Å². The molecular formula is H3BiMgO2Ti. The van der Waals surface area contributed by atoms with Gasteiger partial charge < -0.3 is 5.48 Å². The quantitative estimate of drug-likeness (QED) is 0.506. The first-order chi connectivity index (χ1) is 1.00. The van der Waals surface area contributed by atoms with Crippen molar-refractivity contribution in [3.8, 4) is 0 Å². The standard InChI is InChI=1S/Bi.Mg.H2O.O.Ti.2H/h;;1H2;;;;/q;+1;;;;;/p-1. The summed E-state index contributed by atoms with van der Waals surface area (Å²) in [5.41, 5.74) is 0. The Balaban J connectivity index is -0.00000000167. The Bertz CT molecular complexity index is 9.61. The number of hydrogen-bond acceptors (Lipinski definition) is 2. The molecule has 0 aromatic carbocycles. The first-order valence-corrected chi connectivity index (χ1v) is 1.79. The molecular weight excluding hydrogens is 313 g/mol. The van der Waals surface area contributed by atoms with E-state index in [0.29, 0.717) is 0 Å². The summed E-state index contributed by atoms with van der Waals surface area (Å²) in [4.78, 5) is 0. The maximum absolute atomic E-state index is 8.39. The van der Waals surface area contributed by atoms with Crippen LogP contribution < -0.4 is 0 Å². The Kier molecular flexibility index (Phi) is 195. The number of hydrogen-bond donors (Lipinski definition) is 0. The van der Waals surface area contributed by atoms with Crippen LogP contribution in [0, 0.1) is 0 Å². The minimum atomic E-state index is 0. The van der Waals surface area contributed by atoms with Gasteiger partial charge in [-0.05, 0) is 0 Å². The molecule has 26 valence electrons. The molecule has 0 aliphatic carbocycles. The average molecular weight is 316 g/mol. The van der Waals surface area contributed by atoms with Crippen molar-refractivity contribution >= 4 is 47.8 Å². The van der Waals surface area contributed by atoms with Crippen LogP contribution in [0.4, 0.5) is 0 Å². The Morgan fingerprint density at radius 3 is 1.20 bits per heavy atom. The van der Waals surface area contributed by atoms with Gasteiger partial charge in [-0.2, -0.15) is 0 Å². The van der Waals surface area contributed by atoms with E-state index in [0.717, 1.165) is 0 Å². The van der Waals surface area contributed by atoms with E-state index in [9.17, 15) is 0 Å². The van der Waals surface area contributed by atoms with Crippen molar-refractivity contribution in [3.63, 3.8) is 0 Å². The Hall–Kier alpha value is 2.12. The van der Waals surface area contributed by atoms with Crippen LogP contribution in [-0.4, -0.2) is 53.3 Å². The van der Waals surface area contributed by atoms with Crippen LogP contribution in [0.1, 0.15) is 0 Å². The van der Waals surface area contributed by atoms with Crippen molar-refractivity contribution in [2.45, 2.75) is 0 Å². The van der Waals surface area contributed by atoms with Gasteiger partial charge in [0.2, 0.25) is 0 Å². The van der Waals surface area contributed by atoms with Crippen LogP contribution in [0.25, 0.3) is 0 Å². The van der Waals surface area contributed by atoms with Crippen LogP contribution in [-0.2, 0) is 24.5 Å². The maximum atomic E-state index is 8.39. The molecule has 0 bridgehead atoms. The average Bonchev–Trinajstić information content (AvgIpc) is 1.00. The third-order valence-corrected chi connectivity index (χ3v) is 0. The van der Waals surface area contributed by atoms with Gasteiger partial charge >= 0.3 is 50.6 Å². The Labute approximate surface area is 76.7 Å². The molecule has 5 heavy (non-hydrogen) atoms. The van der Waals surface area contributed by atoms with E-state index in [1.54, 1.807) is 0 Å². The van der Waals surface area contributed by atoms with Gasteiger partial charge in [-0.1, -0.05) is 0 Å². The van der Waals surface area contributed by atoms with Crippen molar-refractivity contribution < 1.29 is 30.0 Å². The third-order valence-electron chi connectivity index (χ3n) is 0. The summed E-state index contributed by atoms with van der Waals surface area (Å²) in [6.07, 6.45) is 0. The minimum absolute atomic E-state index is 0. The second-order valence-corrected chi connectivity index (χ2v) is 0. The second-order valence-electron chi connectivity index (χ2n) is 0. The normalized spacial score (nSPS) is 0.800. The second kappa shape index (κ2) is 35.6. The summed E-state index contributed by atoms with van der Waals surface area (Å²) in [6, 6.07) is 0. The van der Waals surface area contributed by atoms with E-state index in [1.165, 1.54) is 0 Å². The molecule has 0 spiro atoms. The molecule has 1 N–H and O–H groups in total. The molecule has 0 heterocycles. The van der Waals surface area contributed by atoms with Gasteiger partial charge in [0.25, 0.3) is 0 Å². The summed E-state index contributed by atoms with van der Waals surface area (Å²) in [5.74, 6) is 0. The molecule has 2 nitrogen and oxygen atoms in total. The van der Waals surface area contributed by atoms with Gasteiger partial charge in [-0.25, -0.2) is 0 Å². The van der Waals surface area contributed by atoms with Gasteiger partial charge in [-0.3, -0.25) is 0 Å². The summed E-state index contributed by atoms with van der Waals surface area (Å²) in [5, 5.41) is 0. The number of rotatable bonds is 0. The van der Waals surface area contributed by atoms with Crippen LogP contribution in [0.5, 0.6) is 0 Å². The first-order valence-electron chi connectivity index (χ1n) is 0.204. The SMILES string of the molecule is [MgH+].[OH-].[O]=[BiH].[Ti]. The van der Waals surface area contributed by atoms with Gasteiger partial charge in [-0.15, -0.1) is 0 Å². The molecule has 0 saturated heterocycles. The molecule has 0 aliphatic heterocycles. The fourth-order valence-electron chi connectivity index (χ4n) is 0. The third kappa shape index (κ3) is 23.1. The summed E-state index contributed by atoms with van der Waals surface area (Å²) in [6.45, 7) is 0. The molecule has 0 aromatic heterocycles. The van der Waals surface area contributed by atoms with Crippen molar-refractivity contribution in [1.29, 1.82) is 0 Å². The minimum Gasteiger partial charge on any atom is 0 e. The molecule has 0 saturated carbocycles. The van der Waals surface area contributed by atoms with Crippen molar-refractivity contribution in [1.82, 2.24) is 0 Å². The molecule has 0 unspecified atom stereocenters. The predicted molar refractivity (Wildman–Crippen MR) is 16.9 cm³/mol. The Morgan fingerprint density at radius 2 is 1.20 bits per heavy atom. The van der Waals surface area contributed by atoms with Gasteiger partial charge in [0.05, 0.1) is 0 Å². The summed E-state index contributed by atoms with van der Waals surface area (Å²) < 4.78 is 8.39. The monoisotopic (exact) mass is 316 g/mol. The van der Waals surface area contributed by atoms with Gasteiger partial charge in [0.1, 0.15) is 0 Å². The Morgan fingerprint density at radius 1 is 1.20 bits per heavy atom. The van der Waals surface area contributed by atoms with Crippen LogP contribution in [0.3, 0.4) is 0 Å². The van der Waals surface area contributed by atoms with Crippen molar-refractivity contribution in [2.24, 2.45) is 0 Å². The molecule has 0 amide bonds. The zero-order valence-corrected chi connectivity index (χ0v) is 10.3. The molecule has 0 aliphatic rings. The van der Waals surface area contributed by atoms with Crippen LogP contribution >= 0.6 is 0 Å². The molecule has 0 fully saturated rings. The smallest absolute Gasteiger partial charge is 0 e. The van der Waals surface area contributed by atoms with Crippen LogP contribution in [0.2, 0.25) is 0 Å². The summed E-state index contributed by atoms with van der Waals surface area (Å²) in [7, 11) is 0. The largest absolute Gasteiger partial charge is 0 e. The molecule has 0 radical (unpaired) electrons. The fraction of sp³-hybridized carbons (Fsp3) is 0. The van der Waals surface area contributed by atoms with Gasteiger partial charge in [0.15, 0.2) is 0 Å². The predicted octanol–water partition coefficient (Wildman–Crippen LogP) is -1.60. The van der Waals surface area contributed by atoms with Gasteiger partial charge in [0, 0.05) is 21.7 Å². The topological polar surface area (TPSA) is 47.1 Å². The van der Waals surface area contributed by atoms with E-state index in [4.69, 9.17) is 2.81 Å². The van der Waals surface area contributed by atoms with E-state index in [2.05, 4.69) is 0 Å². The zero-order valence-electron chi connectivity index (χ0n) is 2.86. The van der Waals surface area contributed by atoms with E-state index < -0.39 is 0 Å². The zero-order chi connectivity index (χ0) is 2.00. The van der Waals surface area contributed by atoms with E-state index in [-0.39, 0.29) is 75.0 Å². The molecule has 0 atom stereocenters. The first kappa shape index (κ1) is 27.4. The van der Waals surface area contributed by atoms with E-state index >= 15 is 0 Å². The summed E-state index contributed by atoms with van der Waals surface area (Å²) >= 11 is 0.0556. The molecule has 0 aromatic rings. The maximum Gasteiger partial charge on any atom is 0 e. The molecule has 5 heteroatoms. The van der Waals surface area contributed by atoms with E-state index in [1.807, 2.05) is 0 Å².